The number of hydrogen-bond donors (Lipinski definition) is 3. The van der Waals surface area contributed by atoms with Crippen molar-refractivity contribution in [3.8, 4) is 0 Å². The molecular formula is C28H57NO3. The fraction of sp³-hybridized carbons (Fsp3) is 0.964. The zero-order chi connectivity index (χ0) is 23.7. The van der Waals surface area contributed by atoms with Gasteiger partial charge < -0.3 is 15.5 Å². The summed E-state index contributed by atoms with van der Waals surface area (Å²) >= 11 is 0. The van der Waals surface area contributed by atoms with Crippen LogP contribution in [0.15, 0.2) is 0 Å². The van der Waals surface area contributed by atoms with E-state index in [0.29, 0.717) is 12.8 Å². The maximum atomic E-state index is 12.1. The number of aliphatic hydroxyl groups excluding tert-OH is 2. The van der Waals surface area contributed by atoms with Crippen molar-refractivity contribution in [2.45, 2.75) is 167 Å². The minimum absolute atomic E-state index is 0.0421. The first kappa shape index (κ1) is 31.4. The molecule has 0 saturated heterocycles. The molecule has 0 aromatic carbocycles. The zero-order valence-electron chi connectivity index (χ0n) is 21.7. The molecular weight excluding hydrogens is 398 g/mol. The van der Waals surface area contributed by atoms with Crippen molar-refractivity contribution in [2.75, 3.05) is 6.61 Å². The molecule has 0 heterocycles. The second kappa shape index (κ2) is 25.0. The summed E-state index contributed by atoms with van der Waals surface area (Å²) < 4.78 is 0. The van der Waals surface area contributed by atoms with E-state index in [4.69, 9.17) is 0 Å². The summed E-state index contributed by atoms with van der Waals surface area (Å²) in [6.07, 6.45) is 25.8. The van der Waals surface area contributed by atoms with Crippen molar-refractivity contribution in [2.24, 2.45) is 0 Å². The molecule has 0 rings (SSSR count). The van der Waals surface area contributed by atoms with Gasteiger partial charge in [-0.2, -0.15) is 0 Å². The number of nitrogens with one attached hydrogen (secondary N) is 1. The van der Waals surface area contributed by atoms with Gasteiger partial charge in [0.25, 0.3) is 0 Å². The summed E-state index contributed by atoms with van der Waals surface area (Å²) in [5.41, 5.74) is 0. The molecule has 4 heteroatoms. The number of carbonyl (C=O) groups is 1. The average Bonchev–Trinajstić information content (AvgIpc) is 2.79. The van der Waals surface area contributed by atoms with Gasteiger partial charge in [-0.15, -0.1) is 0 Å². The van der Waals surface area contributed by atoms with Crippen LogP contribution >= 0.6 is 0 Å². The first-order valence-electron chi connectivity index (χ1n) is 14.2. The quantitative estimate of drug-likeness (QED) is 0.125. The fourth-order valence-electron chi connectivity index (χ4n) is 4.36. The summed E-state index contributed by atoms with van der Waals surface area (Å²) in [5.74, 6) is -0.0421. The Labute approximate surface area is 200 Å². The number of hydrogen-bond acceptors (Lipinski definition) is 3. The van der Waals surface area contributed by atoms with E-state index in [9.17, 15) is 15.0 Å². The highest BCUT2D eigenvalue weighted by molar-refractivity contribution is 5.76. The van der Waals surface area contributed by atoms with Gasteiger partial charge in [-0.3, -0.25) is 4.79 Å². The highest BCUT2D eigenvalue weighted by Crippen LogP contribution is 2.14. The molecule has 0 radical (unpaired) electrons. The summed E-state index contributed by atoms with van der Waals surface area (Å²) in [5, 5.41) is 22.7. The van der Waals surface area contributed by atoms with Gasteiger partial charge >= 0.3 is 0 Å². The molecule has 0 aromatic heterocycles. The summed E-state index contributed by atoms with van der Waals surface area (Å²) in [7, 11) is 0. The number of aliphatic hydroxyl groups is 2. The lowest BCUT2D eigenvalue weighted by molar-refractivity contribution is -0.123. The van der Waals surface area contributed by atoms with Crippen LogP contribution in [-0.4, -0.2) is 34.9 Å². The van der Waals surface area contributed by atoms with Crippen molar-refractivity contribution in [1.29, 1.82) is 0 Å². The van der Waals surface area contributed by atoms with E-state index in [1.165, 1.54) is 103 Å². The van der Waals surface area contributed by atoms with Crippen molar-refractivity contribution in [1.82, 2.24) is 5.32 Å². The molecule has 0 aliphatic heterocycles. The maximum Gasteiger partial charge on any atom is 0.220 e. The monoisotopic (exact) mass is 455 g/mol. The molecule has 4 nitrogen and oxygen atoms in total. The van der Waals surface area contributed by atoms with Crippen LogP contribution in [0.5, 0.6) is 0 Å². The molecule has 0 aliphatic carbocycles. The Bertz CT molecular complexity index is 389. The van der Waals surface area contributed by atoms with Crippen molar-refractivity contribution in [3.05, 3.63) is 0 Å². The van der Waals surface area contributed by atoms with E-state index in [-0.39, 0.29) is 12.5 Å². The summed E-state index contributed by atoms with van der Waals surface area (Å²) in [6.45, 7) is 4.28. The Kier molecular flexibility index (Phi) is 24.5. The third kappa shape index (κ3) is 21.2. The van der Waals surface area contributed by atoms with Gasteiger partial charge in [0.2, 0.25) is 5.91 Å². The van der Waals surface area contributed by atoms with Crippen LogP contribution < -0.4 is 5.32 Å². The molecule has 1 amide bonds. The third-order valence-electron chi connectivity index (χ3n) is 6.62. The lowest BCUT2D eigenvalue weighted by Gasteiger charge is -2.22. The Morgan fingerprint density at radius 1 is 0.625 bits per heavy atom. The largest absolute Gasteiger partial charge is 0.394 e. The lowest BCUT2D eigenvalue weighted by atomic mass is 10.0. The number of carbonyl (C=O) groups excluding carboxylic acids is 1. The second-order valence-corrected chi connectivity index (χ2v) is 9.83. The van der Waals surface area contributed by atoms with E-state index in [0.717, 1.165) is 25.7 Å². The first-order valence-corrected chi connectivity index (χ1v) is 14.2. The summed E-state index contributed by atoms with van der Waals surface area (Å²) in [6, 6.07) is -0.524. The van der Waals surface area contributed by atoms with Crippen molar-refractivity contribution >= 4 is 5.91 Å². The Hall–Kier alpha value is -0.610. The molecule has 192 valence electrons. The summed E-state index contributed by atoms with van der Waals surface area (Å²) in [4.78, 5) is 12.1. The number of unbranched alkanes of at least 4 members (excludes halogenated alkanes) is 18. The minimum atomic E-state index is -0.647. The molecule has 2 atom stereocenters. The fourth-order valence-corrected chi connectivity index (χ4v) is 4.36. The second-order valence-electron chi connectivity index (χ2n) is 9.83. The van der Waals surface area contributed by atoms with Gasteiger partial charge in [0.05, 0.1) is 18.8 Å². The standard InChI is InChI=1S/C28H57NO3/c1-3-5-7-9-11-12-13-14-15-16-17-18-19-21-23-27(31)26(25-30)29-28(32)24-22-20-10-8-6-4-2/h26-27,30-31H,3-25H2,1-2H3,(H,29,32). The Morgan fingerprint density at radius 3 is 1.41 bits per heavy atom. The van der Waals surface area contributed by atoms with Crippen LogP contribution in [-0.2, 0) is 4.79 Å². The van der Waals surface area contributed by atoms with Crippen LogP contribution in [0.2, 0.25) is 0 Å². The first-order chi connectivity index (χ1) is 15.7. The minimum Gasteiger partial charge on any atom is -0.394 e. The van der Waals surface area contributed by atoms with Crippen molar-refractivity contribution in [3.63, 3.8) is 0 Å². The van der Waals surface area contributed by atoms with Gasteiger partial charge in [0.1, 0.15) is 0 Å². The van der Waals surface area contributed by atoms with Gasteiger partial charge in [-0.05, 0) is 12.8 Å². The van der Waals surface area contributed by atoms with E-state index in [1.54, 1.807) is 0 Å². The van der Waals surface area contributed by atoms with Crippen LogP contribution in [0.25, 0.3) is 0 Å². The normalized spacial score (nSPS) is 13.2. The third-order valence-corrected chi connectivity index (χ3v) is 6.62. The van der Waals surface area contributed by atoms with Crippen LogP contribution in [0.3, 0.4) is 0 Å². The van der Waals surface area contributed by atoms with Gasteiger partial charge in [0, 0.05) is 6.42 Å². The Morgan fingerprint density at radius 2 is 1.00 bits per heavy atom. The smallest absolute Gasteiger partial charge is 0.220 e. The molecule has 32 heavy (non-hydrogen) atoms. The number of amides is 1. The molecule has 0 bridgehead atoms. The van der Waals surface area contributed by atoms with Gasteiger partial charge in [-0.1, -0.05) is 136 Å². The van der Waals surface area contributed by atoms with Crippen LogP contribution in [0.4, 0.5) is 0 Å². The predicted octanol–water partition coefficient (Wildman–Crippen LogP) is 7.45. The SMILES string of the molecule is CCCCCCCCCCCCCCCCC(O)C(CO)NC(=O)CCCCCCCC. The molecule has 0 spiro atoms. The average molecular weight is 456 g/mol. The van der Waals surface area contributed by atoms with Crippen LogP contribution in [0.1, 0.15) is 155 Å². The van der Waals surface area contributed by atoms with E-state index >= 15 is 0 Å². The number of rotatable bonds is 25. The molecule has 0 fully saturated rings. The predicted molar refractivity (Wildman–Crippen MR) is 138 cm³/mol. The highest BCUT2D eigenvalue weighted by atomic mass is 16.3. The zero-order valence-corrected chi connectivity index (χ0v) is 21.7. The molecule has 3 N–H and O–H groups in total. The maximum absolute atomic E-state index is 12.1. The van der Waals surface area contributed by atoms with Gasteiger partial charge in [-0.25, -0.2) is 0 Å². The molecule has 0 aliphatic rings. The van der Waals surface area contributed by atoms with Gasteiger partial charge in [0.15, 0.2) is 0 Å². The Balaban J connectivity index is 3.55. The van der Waals surface area contributed by atoms with E-state index in [2.05, 4.69) is 19.2 Å². The van der Waals surface area contributed by atoms with Crippen molar-refractivity contribution < 1.29 is 15.0 Å². The molecule has 0 aromatic rings. The lowest BCUT2D eigenvalue weighted by Crippen LogP contribution is -2.45. The molecule has 2 unspecified atom stereocenters. The molecule has 0 saturated carbocycles. The van der Waals surface area contributed by atoms with Crippen LogP contribution in [0, 0.1) is 0 Å². The van der Waals surface area contributed by atoms with E-state index < -0.39 is 12.1 Å². The highest BCUT2D eigenvalue weighted by Gasteiger charge is 2.19. The van der Waals surface area contributed by atoms with E-state index in [1.807, 2.05) is 0 Å². The topological polar surface area (TPSA) is 69.6 Å².